The van der Waals surface area contributed by atoms with Crippen LogP contribution in [0.1, 0.15) is 44.9 Å². The molecule has 0 saturated carbocycles. The molecule has 0 spiro atoms. The van der Waals surface area contributed by atoms with Crippen LogP contribution in [0.3, 0.4) is 0 Å². The van der Waals surface area contributed by atoms with E-state index in [-0.39, 0.29) is 6.42 Å². The molecule has 0 saturated heterocycles. The van der Waals surface area contributed by atoms with Crippen molar-refractivity contribution in [1.29, 1.82) is 0 Å². The molecule has 0 fully saturated rings. The predicted octanol–water partition coefficient (Wildman–Crippen LogP) is -3.08. The number of carbonyl (C=O) groups is 8. The zero-order valence-electron chi connectivity index (χ0n) is 18.8. The van der Waals surface area contributed by atoms with E-state index in [0.29, 0.717) is 0 Å². The van der Waals surface area contributed by atoms with Crippen molar-refractivity contribution in [3.63, 3.8) is 0 Å². The second kappa shape index (κ2) is 15.6. The fourth-order valence-corrected chi connectivity index (χ4v) is 2.68. The Bertz CT molecular complexity index is 875. The van der Waals surface area contributed by atoms with E-state index in [2.05, 4.69) is 0 Å². The average molecular weight is 520 g/mol. The SMILES string of the molecule is NC(CCC(=O)O)C(=O)NC(CC(=O)O)C(=O)NC(CCC(=O)O)C(=O)NC(CCC(=O)O)C(=O)O. The fourth-order valence-electron chi connectivity index (χ4n) is 2.68. The van der Waals surface area contributed by atoms with Crippen LogP contribution in [0.5, 0.6) is 0 Å². The molecule has 202 valence electrons. The minimum Gasteiger partial charge on any atom is -0.481 e. The van der Waals surface area contributed by atoms with E-state index in [4.69, 9.17) is 26.2 Å². The Morgan fingerprint density at radius 3 is 1.36 bits per heavy atom. The number of carboxylic acids is 5. The predicted molar refractivity (Wildman–Crippen MR) is 114 cm³/mol. The lowest BCUT2D eigenvalue weighted by Crippen LogP contribution is -2.57. The molecule has 36 heavy (non-hydrogen) atoms. The van der Waals surface area contributed by atoms with Gasteiger partial charge < -0.3 is 47.2 Å². The molecule has 0 aliphatic rings. The molecular weight excluding hydrogens is 492 g/mol. The van der Waals surface area contributed by atoms with Crippen LogP contribution in [0.25, 0.3) is 0 Å². The molecule has 0 aromatic rings. The molecule has 17 heteroatoms. The highest BCUT2D eigenvalue weighted by molar-refractivity contribution is 5.95. The fraction of sp³-hybridized carbons (Fsp3) is 0.579. The van der Waals surface area contributed by atoms with Gasteiger partial charge in [0.15, 0.2) is 0 Å². The van der Waals surface area contributed by atoms with Gasteiger partial charge in [0.05, 0.1) is 12.5 Å². The summed E-state index contributed by atoms with van der Waals surface area (Å²) in [4.78, 5) is 92.1. The van der Waals surface area contributed by atoms with Crippen LogP contribution in [0.4, 0.5) is 0 Å². The van der Waals surface area contributed by atoms with Crippen molar-refractivity contribution in [1.82, 2.24) is 16.0 Å². The third-order valence-corrected chi connectivity index (χ3v) is 4.56. The Kier molecular flexibility index (Phi) is 13.7. The van der Waals surface area contributed by atoms with Crippen LogP contribution in [-0.4, -0.2) is 97.3 Å². The first-order valence-electron chi connectivity index (χ1n) is 10.4. The summed E-state index contributed by atoms with van der Waals surface area (Å²) in [5.74, 6) is -10.7. The van der Waals surface area contributed by atoms with Gasteiger partial charge in [0.25, 0.3) is 0 Å². The lowest BCUT2D eigenvalue weighted by Gasteiger charge is -2.24. The molecule has 4 unspecified atom stereocenters. The Balaban J connectivity index is 5.59. The summed E-state index contributed by atoms with van der Waals surface area (Å²) in [7, 11) is 0. The quantitative estimate of drug-likeness (QED) is 0.0866. The molecule has 0 aromatic heterocycles. The highest BCUT2D eigenvalue weighted by Crippen LogP contribution is 2.05. The van der Waals surface area contributed by atoms with Gasteiger partial charge in [0.2, 0.25) is 17.7 Å². The second-order valence-electron chi connectivity index (χ2n) is 7.52. The topological polar surface area (TPSA) is 300 Å². The van der Waals surface area contributed by atoms with E-state index in [9.17, 15) is 43.5 Å². The van der Waals surface area contributed by atoms with Crippen LogP contribution in [0.2, 0.25) is 0 Å². The van der Waals surface area contributed by atoms with Crippen molar-refractivity contribution >= 4 is 47.6 Å². The van der Waals surface area contributed by atoms with Crippen LogP contribution in [0, 0.1) is 0 Å². The molecule has 0 bridgehead atoms. The van der Waals surface area contributed by atoms with E-state index in [1.165, 1.54) is 0 Å². The highest BCUT2D eigenvalue weighted by atomic mass is 16.4. The zero-order chi connectivity index (χ0) is 28.0. The molecular formula is C19H28N4O13. The summed E-state index contributed by atoms with van der Waals surface area (Å²) >= 11 is 0. The number of nitrogens with one attached hydrogen (secondary N) is 3. The number of rotatable bonds is 18. The molecule has 3 amide bonds. The van der Waals surface area contributed by atoms with Gasteiger partial charge in [-0.05, 0) is 19.3 Å². The number of carbonyl (C=O) groups excluding carboxylic acids is 3. The number of carboxylic acid groups (broad SMARTS) is 5. The van der Waals surface area contributed by atoms with Crippen molar-refractivity contribution in [2.75, 3.05) is 0 Å². The Morgan fingerprint density at radius 2 is 0.917 bits per heavy atom. The molecule has 10 N–H and O–H groups in total. The van der Waals surface area contributed by atoms with Gasteiger partial charge in [0, 0.05) is 19.3 Å². The van der Waals surface area contributed by atoms with Crippen LogP contribution < -0.4 is 21.7 Å². The van der Waals surface area contributed by atoms with Gasteiger partial charge in [-0.1, -0.05) is 0 Å². The number of amides is 3. The Hall–Kier alpha value is -4.28. The van der Waals surface area contributed by atoms with Gasteiger partial charge in [-0.15, -0.1) is 0 Å². The smallest absolute Gasteiger partial charge is 0.326 e. The third kappa shape index (κ3) is 13.4. The Morgan fingerprint density at radius 1 is 0.528 bits per heavy atom. The first-order valence-corrected chi connectivity index (χ1v) is 10.4. The standard InChI is InChI=1S/C19H28N4O13/c20-8(1-4-12(24)25)16(32)23-11(7-15(30)31)18(34)21-9(2-5-13(26)27)17(33)22-10(19(35)36)3-6-14(28)29/h8-11H,1-7,20H2,(H,21,34)(H,22,33)(H,23,32)(H,24,25)(H,26,27)(H,28,29)(H,30,31)(H,35,36). The van der Waals surface area contributed by atoms with Crippen molar-refractivity contribution in [2.24, 2.45) is 5.73 Å². The first-order chi connectivity index (χ1) is 16.6. The van der Waals surface area contributed by atoms with Crippen molar-refractivity contribution in [2.45, 2.75) is 69.1 Å². The number of nitrogens with two attached hydrogens (primary N) is 1. The maximum Gasteiger partial charge on any atom is 0.326 e. The first kappa shape index (κ1) is 31.7. The summed E-state index contributed by atoms with van der Waals surface area (Å²) in [6, 6.07) is -6.62. The lowest BCUT2D eigenvalue weighted by atomic mass is 10.1. The third-order valence-electron chi connectivity index (χ3n) is 4.56. The highest BCUT2D eigenvalue weighted by Gasteiger charge is 2.32. The summed E-state index contributed by atoms with van der Waals surface area (Å²) in [5, 5.41) is 50.5. The zero-order valence-corrected chi connectivity index (χ0v) is 18.8. The summed E-state index contributed by atoms with van der Waals surface area (Å²) in [6.45, 7) is 0. The molecule has 4 atom stereocenters. The van der Waals surface area contributed by atoms with Crippen LogP contribution in [0.15, 0.2) is 0 Å². The number of hydrogen-bond donors (Lipinski definition) is 9. The molecule has 0 aliphatic carbocycles. The van der Waals surface area contributed by atoms with Crippen LogP contribution in [-0.2, 0) is 38.4 Å². The monoisotopic (exact) mass is 520 g/mol. The molecule has 0 rings (SSSR count). The average Bonchev–Trinajstić information content (AvgIpc) is 2.75. The largest absolute Gasteiger partial charge is 0.481 e. The van der Waals surface area contributed by atoms with E-state index in [1.54, 1.807) is 0 Å². The minimum atomic E-state index is -1.81. The van der Waals surface area contributed by atoms with Gasteiger partial charge in [-0.3, -0.25) is 33.6 Å². The normalized spacial score (nSPS) is 13.8. The van der Waals surface area contributed by atoms with Gasteiger partial charge >= 0.3 is 29.8 Å². The molecule has 0 radical (unpaired) electrons. The summed E-state index contributed by atoms with van der Waals surface area (Å²) in [5.41, 5.74) is 5.53. The minimum absolute atomic E-state index is 0.334. The van der Waals surface area contributed by atoms with Crippen molar-refractivity contribution in [3.8, 4) is 0 Å². The van der Waals surface area contributed by atoms with Crippen molar-refractivity contribution in [3.05, 3.63) is 0 Å². The van der Waals surface area contributed by atoms with E-state index in [1.807, 2.05) is 16.0 Å². The Labute approximate surface area is 203 Å². The van der Waals surface area contributed by atoms with Gasteiger partial charge in [0.1, 0.15) is 18.1 Å². The van der Waals surface area contributed by atoms with Gasteiger partial charge in [-0.25, -0.2) is 4.79 Å². The van der Waals surface area contributed by atoms with Crippen LogP contribution >= 0.6 is 0 Å². The molecule has 0 aliphatic heterocycles. The molecule has 17 nitrogen and oxygen atoms in total. The van der Waals surface area contributed by atoms with E-state index >= 15 is 0 Å². The second-order valence-corrected chi connectivity index (χ2v) is 7.52. The summed E-state index contributed by atoms with van der Waals surface area (Å²) in [6.07, 6.45) is -4.22. The van der Waals surface area contributed by atoms with E-state index < -0.39 is 110 Å². The molecule has 0 aromatic carbocycles. The number of hydrogen-bond acceptors (Lipinski definition) is 9. The summed E-state index contributed by atoms with van der Waals surface area (Å²) < 4.78 is 0. The molecule has 0 heterocycles. The maximum absolute atomic E-state index is 12.7. The van der Waals surface area contributed by atoms with Crippen molar-refractivity contribution < 1.29 is 63.9 Å². The lowest BCUT2D eigenvalue weighted by molar-refractivity contribution is -0.144. The maximum atomic E-state index is 12.7. The number of aliphatic carboxylic acids is 5. The van der Waals surface area contributed by atoms with Gasteiger partial charge in [-0.2, -0.15) is 0 Å². The van der Waals surface area contributed by atoms with E-state index in [0.717, 1.165) is 0 Å².